The molecular weight excluding hydrogens is 550 g/mol. The Balaban J connectivity index is 1.56. The molecule has 1 N–H and O–H groups in total. The quantitative estimate of drug-likeness (QED) is 0.374. The van der Waals surface area contributed by atoms with Gasteiger partial charge in [-0.05, 0) is 57.9 Å². The number of hydrogen-bond donors (Lipinski definition) is 1. The van der Waals surface area contributed by atoms with Crippen LogP contribution in [0.5, 0.6) is 0 Å². The summed E-state index contributed by atoms with van der Waals surface area (Å²) in [5.41, 5.74) is 2.50. The van der Waals surface area contributed by atoms with Crippen molar-refractivity contribution in [2.24, 2.45) is 4.99 Å². The number of nitrogens with zero attached hydrogens (tertiary/aromatic N) is 3. The normalized spacial score (nSPS) is 14.2. The van der Waals surface area contributed by atoms with Gasteiger partial charge in [0.25, 0.3) is 5.91 Å². The zero-order valence-electron chi connectivity index (χ0n) is 19.3. The Hall–Kier alpha value is -3.50. The lowest BCUT2D eigenvalue weighted by atomic mass is 10.1. The highest BCUT2D eigenvalue weighted by atomic mass is 79.9. The molecule has 36 heavy (non-hydrogen) atoms. The number of rotatable bonds is 6. The number of aliphatic imine (C=N–C) groups is 1. The van der Waals surface area contributed by atoms with E-state index in [4.69, 9.17) is 0 Å². The number of thioether (sulfide) groups is 1. The van der Waals surface area contributed by atoms with Crippen molar-refractivity contribution in [3.8, 4) is 0 Å². The zero-order valence-corrected chi connectivity index (χ0v) is 21.7. The second kappa shape index (κ2) is 11.0. The van der Waals surface area contributed by atoms with Gasteiger partial charge in [-0.1, -0.05) is 42.1 Å². The molecule has 0 unspecified atom stereocenters. The van der Waals surface area contributed by atoms with E-state index < -0.39 is 17.5 Å². The number of carbonyl (C=O) groups is 2. The second-order valence-corrected chi connectivity index (χ2v) is 9.76. The number of nitrogens with one attached hydrogen (secondary N) is 1. The number of para-hydroxylation sites is 1. The third kappa shape index (κ3) is 5.83. The predicted octanol–water partition coefficient (Wildman–Crippen LogP) is 5.91. The van der Waals surface area contributed by atoms with Crippen LogP contribution < -0.4 is 15.1 Å². The summed E-state index contributed by atoms with van der Waals surface area (Å²) in [6, 6.07) is 18.4. The van der Waals surface area contributed by atoms with Gasteiger partial charge in [0.05, 0.1) is 17.1 Å². The number of anilines is 3. The maximum atomic E-state index is 14.1. The molecule has 0 bridgehead atoms. The number of amidine groups is 1. The first kappa shape index (κ1) is 25.6. The molecule has 1 heterocycles. The van der Waals surface area contributed by atoms with Crippen LogP contribution in [0.4, 0.5) is 25.8 Å². The minimum atomic E-state index is -0.898. The maximum Gasteiger partial charge on any atom is 0.283 e. The molecule has 184 valence electrons. The van der Waals surface area contributed by atoms with Crippen molar-refractivity contribution in [1.82, 2.24) is 0 Å². The van der Waals surface area contributed by atoms with Crippen LogP contribution in [0.15, 0.2) is 81.9 Å². The zero-order chi connectivity index (χ0) is 25.8. The first-order valence-electron chi connectivity index (χ1n) is 10.8. The highest BCUT2D eigenvalue weighted by Crippen LogP contribution is 2.31. The number of carbonyl (C=O) groups excluding carboxylic acids is 2. The van der Waals surface area contributed by atoms with Crippen molar-refractivity contribution in [1.29, 1.82) is 0 Å². The molecular formula is C26H21BrF2N4O2S. The van der Waals surface area contributed by atoms with E-state index in [1.165, 1.54) is 4.90 Å². The number of benzene rings is 3. The predicted molar refractivity (Wildman–Crippen MR) is 145 cm³/mol. The van der Waals surface area contributed by atoms with Crippen LogP contribution in [0, 0.1) is 11.6 Å². The van der Waals surface area contributed by atoms with Crippen LogP contribution in [0.1, 0.15) is 5.56 Å². The van der Waals surface area contributed by atoms with Gasteiger partial charge < -0.3 is 10.2 Å². The monoisotopic (exact) mass is 570 g/mol. The third-order valence-electron chi connectivity index (χ3n) is 5.16. The first-order valence-corrected chi connectivity index (χ1v) is 12.6. The molecule has 3 aromatic rings. The highest BCUT2D eigenvalue weighted by molar-refractivity contribution is 9.10. The average molecular weight is 571 g/mol. The van der Waals surface area contributed by atoms with E-state index in [0.29, 0.717) is 16.9 Å². The van der Waals surface area contributed by atoms with Crippen LogP contribution in [0.25, 0.3) is 6.08 Å². The molecule has 4 rings (SSSR count). The van der Waals surface area contributed by atoms with Gasteiger partial charge in [0, 0.05) is 30.3 Å². The fourth-order valence-electron chi connectivity index (χ4n) is 3.39. The third-order valence-corrected chi connectivity index (χ3v) is 6.72. The molecule has 0 aliphatic carbocycles. The Morgan fingerprint density at radius 3 is 2.44 bits per heavy atom. The van der Waals surface area contributed by atoms with Gasteiger partial charge in [-0.25, -0.2) is 13.8 Å². The SMILES string of the molecule is CN(C)c1ccc(/C=C2/N=C(SCC(=O)Nc3c(F)cc(F)cc3Br)N(c3ccccc3)C2=O)cc1. The van der Waals surface area contributed by atoms with Crippen molar-refractivity contribution < 1.29 is 18.4 Å². The lowest BCUT2D eigenvalue weighted by Crippen LogP contribution is -2.31. The van der Waals surface area contributed by atoms with Crippen LogP contribution >= 0.6 is 27.7 Å². The van der Waals surface area contributed by atoms with Gasteiger partial charge >= 0.3 is 0 Å². The van der Waals surface area contributed by atoms with E-state index in [1.54, 1.807) is 30.3 Å². The minimum absolute atomic E-state index is 0.0863. The standard InChI is InChI=1S/C26H21BrF2N4O2S/c1-32(2)18-10-8-16(9-11-18)12-22-25(35)33(19-6-4-3-5-7-19)26(30-22)36-15-23(34)31-24-20(27)13-17(28)14-21(24)29/h3-14H,15H2,1-2H3,(H,31,34)/b22-12+. The molecule has 10 heteroatoms. The first-order chi connectivity index (χ1) is 17.2. The molecule has 0 spiro atoms. The fraction of sp³-hybridized carbons (Fsp3) is 0.115. The molecule has 2 amide bonds. The maximum absolute atomic E-state index is 14.1. The Morgan fingerprint density at radius 1 is 1.11 bits per heavy atom. The molecule has 6 nitrogen and oxygen atoms in total. The summed E-state index contributed by atoms with van der Waals surface area (Å²) in [6.07, 6.45) is 1.69. The Kier molecular flexibility index (Phi) is 7.85. The minimum Gasteiger partial charge on any atom is -0.378 e. The van der Waals surface area contributed by atoms with Crippen molar-refractivity contribution in [3.05, 3.63) is 94.1 Å². The summed E-state index contributed by atoms with van der Waals surface area (Å²) in [5.74, 6) is -2.67. The average Bonchev–Trinajstić information content (AvgIpc) is 3.15. The van der Waals surface area contributed by atoms with Crippen molar-refractivity contribution in [2.45, 2.75) is 0 Å². The summed E-state index contributed by atoms with van der Waals surface area (Å²) in [7, 11) is 3.89. The van der Waals surface area contributed by atoms with E-state index in [0.717, 1.165) is 29.1 Å². The van der Waals surface area contributed by atoms with Crippen molar-refractivity contribution in [2.75, 3.05) is 35.0 Å². The van der Waals surface area contributed by atoms with E-state index in [2.05, 4.69) is 26.2 Å². The second-order valence-electron chi connectivity index (χ2n) is 7.97. The number of halogens is 3. The van der Waals surface area contributed by atoms with E-state index in [1.807, 2.05) is 49.3 Å². The Bertz CT molecular complexity index is 1340. The number of hydrogen-bond acceptors (Lipinski definition) is 5. The van der Waals surface area contributed by atoms with Crippen LogP contribution in [0.2, 0.25) is 0 Å². The van der Waals surface area contributed by atoms with Crippen molar-refractivity contribution >= 4 is 67.8 Å². The smallest absolute Gasteiger partial charge is 0.283 e. The van der Waals surface area contributed by atoms with Gasteiger partial charge in [-0.3, -0.25) is 14.5 Å². The van der Waals surface area contributed by atoms with E-state index in [-0.39, 0.29) is 27.5 Å². The molecule has 0 fully saturated rings. The topological polar surface area (TPSA) is 65.0 Å². The molecule has 0 saturated carbocycles. The summed E-state index contributed by atoms with van der Waals surface area (Å²) >= 11 is 4.09. The van der Waals surface area contributed by atoms with E-state index in [9.17, 15) is 18.4 Å². The van der Waals surface area contributed by atoms with Gasteiger partial charge in [-0.2, -0.15) is 0 Å². The molecule has 0 saturated heterocycles. The molecule has 1 aliphatic rings. The summed E-state index contributed by atoms with van der Waals surface area (Å²) in [5, 5.41) is 2.75. The van der Waals surface area contributed by atoms with Crippen molar-refractivity contribution in [3.63, 3.8) is 0 Å². The molecule has 0 aromatic heterocycles. The summed E-state index contributed by atoms with van der Waals surface area (Å²) < 4.78 is 27.5. The Morgan fingerprint density at radius 2 is 1.81 bits per heavy atom. The summed E-state index contributed by atoms with van der Waals surface area (Å²) in [4.78, 5) is 33.7. The van der Waals surface area contributed by atoms with Gasteiger partial charge in [0.2, 0.25) is 5.91 Å². The molecule has 3 aromatic carbocycles. The van der Waals surface area contributed by atoms with Gasteiger partial charge in [-0.15, -0.1) is 0 Å². The Labute approximate surface area is 219 Å². The summed E-state index contributed by atoms with van der Waals surface area (Å²) in [6.45, 7) is 0. The lowest BCUT2D eigenvalue weighted by molar-refractivity contribution is -0.114. The van der Waals surface area contributed by atoms with Crippen LogP contribution in [0.3, 0.4) is 0 Å². The fourth-order valence-corrected chi connectivity index (χ4v) is 4.71. The molecule has 0 radical (unpaired) electrons. The molecule has 1 aliphatic heterocycles. The van der Waals surface area contributed by atoms with Crippen LogP contribution in [-0.4, -0.2) is 36.8 Å². The largest absolute Gasteiger partial charge is 0.378 e. The van der Waals surface area contributed by atoms with Gasteiger partial charge in [0.1, 0.15) is 11.5 Å². The molecule has 0 atom stereocenters. The van der Waals surface area contributed by atoms with E-state index >= 15 is 0 Å². The number of amides is 2. The van der Waals surface area contributed by atoms with Crippen LogP contribution in [-0.2, 0) is 9.59 Å². The highest BCUT2D eigenvalue weighted by Gasteiger charge is 2.32. The lowest BCUT2D eigenvalue weighted by Gasteiger charge is -2.17. The van der Waals surface area contributed by atoms with Gasteiger partial charge in [0.15, 0.2) is 11.0 Å².